The third-order valence-corrected chi connectivity index (χ3v) is 5.62. The number of aromatic nitrogens is 6. The molecule has 0 bridgehead atoms. The number of rotatable bonds is 5. The monoisotopic (exact) mass is 419 g/mol. The maximum Gasteiger partial charge on any atom is 0.267 e. The Morgan fingerprint density at radius 1 is 1.17 bits per heavy atom. The van der Waals surface area contributed by atoms with Crippen LogP contribution in [0, 0.1) is 0 Å². The van der Waals surface area contributed by atoms with E-state index in [9.17, 15) is 9.59 Å². The Bertz CT molecular complexity index is 1240. The Morgan fingerprint density at radius 3 is 2.80 bits per heavy atom. The normalized spacial score (nSPS) is 12.7. The number of carbonyl (C=O) groups excluding carboxylic acids is 1. The summed E-state index contributed by atoms with van der Waals surface area (Å²) in [6.07, 6.45) is 5.38. The second kappa shape index (κ2) is 7.64. The van der Waals surface area contributed by atoms with Gasteiger partial charge in [-0.1, -0.05) is 23.9 Å². The summed E-state index contributed by atoms with van der Waals surface area (Å²) >= 11 is 1.75. The molecular formula is C20H17N7O2S. The van der Waals surface area contributed by atoms with E-state index >= 15 is 0 Å². The Balaban J connectivity index is 1.27. The van der Waals surface area contributed by atoms with Gasteiger partial charge in [0.15, 0.2) is 11.0 Å². The molecule has 0 unspecified atom stereocenters. The Morgan fingerprint density at radius 2 is 2.03 bits per heavy atom. The number of aryl methyl sites for hydroxylation is 1. The minimum atomic E-state index is -0.359. The van der Waals surface area contributed by atoms with Gasteiger partial charge in [0.05, 0.1) is 5.69 Å². The van der Waals surface area contributed by atoms with Crippen molar-refractivity contribution >= 4 is 23.4 Å². The van der Waals surface area contributed by atoms with Crippen molar-refractivity contribution in [2.45, 2.75) is 18.2 Å². The average molecular weight is 419 g/mol. The maximum absolute atomic E-state index is 12.4. The van der Waals surface area contributed by atoms with Crippen molar-refractivity contribution in [1.82, 2.24) is 29.1 Å². The van der Waals surface area contributed by atoms with E-state index in [1.54, 1.807) is 36.3 Å². The lowest BCUT2D eigenvalue weighted by molar-refractivity contribution is -0.117. The molecule has 150 valence electrons. The number of fused-ring (bicyclic) bond motifs is 1. The van der Waals surface area contributed by atoms with Gasteiger partial charge < -0.3 is 9.88 Å². The molecule has 0 atom stereocenters. The summed E-state index contributed by atoms with van der Waals surface area (Å²) in [5.74, 6) is 1.19. The lowest BCUT2D eigenvalue weighted by Crippen LogP contribution is -2.30. The topological polar surface area (TPSA) is 99.6 Å². The highest BCUT2D eigenvalue weighted by atomic mass is 32.2. The molecule has 0 fully saturated rings. The van der Waals surface area contributed by atoms with Crippen molar-refractivity contribution < 1.29 is 4.79 Å². The number of hydrogen-bond acceptors (Lipinski definition) is 6. The molecule has 1 aromatic carbocycles. The van der Waals surface area contributed by atoms with E-state index in [1.165, 1.54) is 10.7 Å². The molecular weight excluding hydrogens is 402 g/mol. The fourth-order valence-electron chi connectivity index (χ4n) is 3.19. The smallest absolute Gasteiger partial charge is 0.267 e. The van der Waals surface area contributed by atoms with E-state index in [0.717, 1.165) is 33.4 Å². The molecule has 3 aromatic heterocycles. The highest BCUT2D eigenvalue weighted by molar-refractivity contribution is 7.99. The number of carbonyl (C=O) groups is 1. The van der Waals surface area contributed by atoms with Crippen LogP contribution in [0.4, 0.5) is 5.69 Å². The number of amides is 1. The van der Waals surface area contributed by atoms with Crippen LogP contribution in [0.2, 0.25) is 0 Å². The number of anilines is 1. The van der Waals surface area contributed by atoms with Crippen molar-refractivity contribution in [3.05, 3.63) is 71.4 Å². The van der Waals surface area contributed by atoms with Crippen LogP contribution < -0.4 is 10.9 Å². The van der Waals surface area contributed by atoms with Gasteiger partial charge in [-0.15, -0.1) is 5.10 Å². The van der Waals surface area contributed by atoms with Gasteiger partial charge in [0.25, 0.3) is 5.56 Å². The molecule has 0 radical (unpaired) electrons. The standard InChI is InChI=1S/C20H17N7O2S/c28-18(13-27-19(29)7-6-17(24-27)26-9-1-8-21-26)22-15-4-2-14(3-5-15)16-12-25-10-11-30-20(25)23-16/h1-9,12H,10-11,13H2,(H,22,28). The zero-order valence-corrected chi connectivity index (χ0v) is 16.6. The molecule has 1 aliphatic heterocycles. The first-order valence-electron chi connectivity index (χ1n) is 9.34. The SMILES string of the molecule is O=C(Cn1nc(-n2cccn2)ccc1=O)Nc1ccc(-c2cn3c(n2)SCC3)cc1. The van der Waals surface area contributed by atoms with E-state index in [0.29, 0.717) is 11.5 Å². The lowest BCUT2D eigenvalue weighted by atomic mass is 10.1. The molecule has 1 aliphatic rings. The zero-order chi connectivity index (χ0) is 20.5. The zero-order valence-electron chi connectivity index (χ0n) is 15.8. The van der Waals surface area contributed by atoms with Gasteiger partial charge in [0, 0.05) is 48.2 Å². The molecule has 0 saturated heterocycles. The Labute approximate surface area is 175 Å². The molecule has 0 aliphatic carbocycles. The summed E-state index contributed by atoms with van der Waals surface area (Å²) in [5, 5.41) is 12.1. The number of imidazole rings is 1. The molecule has 0 saturated carbocycles. The predicted octanol–water partition coefficient (Wildman–Crippen LogP) is 2.04. The molecule has 5 rings (SSSR count). The summed E-state index contributed by atoms with van der Waals surface area (Å²) in [7, 11) is 0. The second-order valence-electron chi connectivity index (χ2n) is 6.71. The second-order valence-corrected chi connectivity index (χ2v) is 7.78. The minimum Gasteiger partial charge on any atom is -0.325 e. The van der Waals surface area contributed by atoms with Crippen LogP contribution >= 0.6 is 11.8 Å². The number of nitrogens with zero attached hydrogens (tertiary/aromatic N) is 6. The van der Waals surface area contributed by atoms with Crippen molar-refractivity contribution in [2.24, 2.45) is 0 Å². The summed E-state index contributed by atoms with van der Waals surface area (Å²) < 4.78 is 4.79. The van der Waals surface area contributed by atoms with Crippen LogP contribution in [-0.2, 0) is 17.9 Å². The van der Waals surface area contributed by atoms with Crippen molar-refractivity contribution in [2.75, 3.05) is 11.1 Å². The fraction of sp³-hybridized carbons (Fsp3) is 0.150. The van der Waals surface area contributed by atoms with Crippen LogP contribution in [0.15, 0.2) is 71.0 Å². The van der Waals surface area contributed by atoms with Gasteiger partial charge in [-0.2, -0.15) is 5.10 Å². The van der Waals surface area contributed by atoms with Crippen molar-refractivity contribution in [1.29, 1.82) is 0 Å². The molecule has 9 nitrogen and oxygen atoms in total. The van der Waals surface area contributed by atoms with E-state index in [-0.39, 0.29) is 18.0 Å². The van der Waals surface area contributed by atoms with Crippen molar-refractivity contribution in [3.8, 4) is 17.1 Å². The Hall–Kier alpha value is -3.66. The summed E-state index contributed by atoms with van der Waals surface area (Å²) in [6.45, 7) is 0.789. The highest BCUT2D eigenvalue weighted by Gasteiger charge is 2.15. The third kappa shape index (κ3) is 3.64. The predicted molar refractivity (Wildman–Crippen MR) is 113 cm³/mol. The van der Waals surface area contributed by atoms with E-state index in [1.807, 2.05) is 30.5 Å². The molecule has 4 heterocycles. The van der Waals surface area contributed by atoms with Crippen LogP contribution in [0.25, 0.3) is 17.1 Å². The average Bonchev–Trinajstić information content (AvgIpc) is 3.48. The quantitative estimate of drug-likeness (QED) is 0.531. The van der Waals surface area contributed by atoms with E-state index < -0.39 is 0 Å². The number of nitrogens with one attached hydrogen (secondary N) is 1. The molecule has 1 amide bonds. The van der Waals surface area contributed by atoms with E-state index in [4.69, 9.17) is 0 Å². The van der Waals surface area contributed by atoms with Gasteiger partial charge in [0.2, 0.25) is 5.91 Å². The number of hydrogen-bond donors (Lipinski definition) is 1. The third-order valence-electron chi connectivity index (χ3n) is 4.65. The molecule has 10 heteroatoms. The fourth-order valence-corrected chi connectivity index (χ4v) is 4.13. The number of thioether (sulfide) groups is 1. The first kappa shape index (κ1) is 18.4. The van der Waals surface area contributed by atoms with Gasteiger partial charge in [0.1, 0.15) is 6.54 Å². The minimum absolute atomic E-state index is 0.194. The van der Waals surface area contributed by atoms with Crippen LogP contribution in [0.1, 0.15) is 0 Å². The summed E-state index contributed by atoms with van der Waals surface area (Å²) in [6, 6.07) is 12.2. The van der Waals surface area contributed by atoms with Crippen molar-refractivity contribution in [3.63, 3.8) is 0 Å². The molecule has 0 spiro atoms. The molecule has 1 N–H and O–H groups in total. The van der Waals surface area contributed by atoms with Gasteiger partial charge in [-0.05, 0) is 24.3 Å². The van der Waals surface area contributed by atoms with Crippen LogP contribution in [0.5, 0.6) is 0 Å². The lowest BCUT2D eigenvalue weighted by Gasteiger charge is -2.08. The molecule has 4 aromatic rings. The van der Waals surface area contributed by atoms with Gasteiger partial charge in [-0.3, -0.25) is 9.59 Å². The highest BCUT2D eigenvalue weighted by Crippen LogP contribution is 2.29. The first-order valence-corrected chi connectivity index (χ1v) is 10.3. The summed E-state index contributed by atoms with van der Waals surface area (Å²) in [5.41, 5.74) is 2.19. The van der Waals surface area contributed by atoms with Gasteiger partial charge >= 0.3 is 0 Å². The molecule has 30 heavy (non-hydrogen) atoms. The van der Waals surface area contributed by atoms with Crippen LogP contribution in [0.3, 0.4) is 0 Å². The van der Waals surface area contributed by atoms with Crippen LogP contribution in [-0.4, -0.2) is 40.8 Å². The largest absolute Gasteiger partial charge is 0.325 e. The van der Waals surface area contributed by atoms with Gasteiger partial charge in [-0.25, -0.2) is 14.3 Å². The number of benzene rings is 1. The maximum atomic E-state index is 12.4. The Kier molecular flexibility index (Phi) is 4.68. The van der Waals surface area contributed by atoms with E-state index in [2.05, 4.69) is 25.1 Å². The first-order chi connectivity index (χ1) is 14.7. The summed E-state index contributed by atoms with van der Waals surface area (Å²) in [4.78, 5) is 29.1.